The van der Waals surface area contributed by atoms with Gasteiger partial charge in [-0.15, -0.1) is 27.0 Å². The van der Waals surface area contributed by atoms with Crippen LogP contribution in [0.1, 0.15) is 41.0 Å². The lowest BCUT2D eigenvalue weighted by Gasteiger charge is -2.32. The van der Waals surface area contributed by atoms with Crippen molar-refractivity contribution in [2.24, 2.45) is 0 Å². The highest BCUT2D eigenvalue weighted by atomic mass is 31.2. The minimum Gasteiger partial charge on any atom is -0.115 e. The average molecular weight is 234 g/mol. The fraction of sp³-hybridized carbons (Fsp3) is 0.833. The summed E-state index contributed by atoms with van der Waals surface area (Å²) in [5, 5.41) is 0.484. The van der Waals surface area contributed by atoms with E-state index in [9.17, 15) is 0 Å². The third kappa shape index (κ3) is 4.00. The highest BCUT2D eigenvalue weighted by Crippen LogP contribution is 2.56. The van der Waals surface area contributed by atoms with Crippen LogP contribution < -0.4 is 0 Å². The van der Waals surface area contributed by atoms with Gasteiger partial charge in [0.15, 0.2) is 0 Å². The molecule has 0 rings (SSSR count). The van der Waals surface area contributed by atoms with Crippen LogP contribution in [-0.2, 0) is 0 Å². The maximum Gasteiger partial charge on any atom is -0.0154 e. The van der Waals surface area contributed by atoms with Crippen LogP contribution in [0.25, 0.3) is 0 Å². The van der Waals surface area contributed by atoms with Gasteiger partial charge in [0.05, 0.1) is 0 Å². The fourth-order valence-corrected chi connectivity index (χ4v) is 9.00. The van der Waals surface area contributed by atoms with E-state index in [-0.39, 0.29) is 0 Å². The topological polar surface area (TPSA) is 0 Å². The molecule has 0 aromatic rings. The summed E-state index contributed by atoms with van der Waals surface area (Å²) >= 11 is 0. The van der Waals surface area contributed by atoms with E-state index in [1.165, 1.54) is 24.6 Å². The minimum absolute atomic E-state index is 0.461. The molecule has 0 heterocycles. The maximum atomic E-state index is 4.49. The summed E-state index contributed by atoms with van der Waals surface area (Å²) in [6.07, 6.45) is 12.8. The Kier molecular flexibility index (Phi) is 5.86. The summed E-state index contributed by atoms with van der Waals surface area (Å²) in [4.78, 5) is 0. The molecule has 0 N–H and O–H groups in total. The largest absolute Gasteiger partial charge is 0.115 e. The molecule has 0 amide bonds. The lowest BCUT2D eigenvalue weighted by Crippen LogP contribution is -2.14. The van der Waals surface area contributed by atoms with Crippen LogP contribution in [0, 0.1) is 0 Å². The Morgan fingerprint density at radius 2 is 1.57 bits per heavy atom. The zero-order valence-electron chi connectivity index (χ0n) is 10.7. The SMILES string of the molecule is C=[PH](CP(=C)(CC)CC)C(C)(C)CC. The molecule has 0 radical (unpaired) electrons. The Hall–Kier alpha value is 0.600. The van der Waals surface area contributed by atoms with Gasteiger partial charge in [-0.2, -0.15) is 0 Å². The molecule has 14 heavy (non-hydrogen) atoms. The van der Waals surface area contributed by atoms with Gasteiger partial charge in [0.25, 0.3) is 0 Å². The molecule has 0 bridgehead atoms. The summed E-state index contributed by atoms with van der Waals surface area (Å²) < 4.78 is 0. The van der Waals surface area contributed by atoms with Crippen molar-refractivity contribution in [1.82, 2.24) is 0 Å². The van der Waals surface area contributed by atoms with Crippen molar-refractivity contribution in [3.05, 3.63) is 0 Å². The molecule has 0 aliphatic rings. The molecule has 0 saturated carbocycles. The highest BCUT2D eigenvalue weighted by molar-refractivity contribution is 7.83. The van der Waals surface area contributed by atoms with Crippen molar-refractivity contribution in [2.45, 2.75) is 46.2 Å². The van der Waals surface area contributed by atoms with E-state index in [0.717, 1.165) is 0 Å². The van der Waals surface area contributed by atoms with Crippen LogP contribution in [0.2, 0.25) is 0 Å². The molecule has 0 fully saturated rings. The first-order chi connectivity index (χ1) is 6.31. The van der Waals surface area contributed by atoms with Crippen molar-refractivity contribution in [1.29, 1.82) is 0 Å². The van der Waals surface area contributed by atoms with E-state index < -0.39 is 14.4 Å². The smallest absolute Gasteiger partial charge is 0.0154 e. The van der Waals surface area contributed by atoms with E-state index >= 15 is 0 Å². The zero-order valence-corrected chi connectivity index (χ0v) is 12.6. The second kappa shape index (κ2) is 5.62. The maximum absolute atomic E-state index is 4.49. The van der Waals surface area contributed by atoms with Gasteiger partial charge in [-0.3, -0.25) is 0 Å². The van der Waals surface area contributed by atoms with E-state index in [0.29, 0.717) is 5.16 Å². The second-order valence-corrected chi connectivity index (χ2v) is 12.7. The third-order valence-corrected chi connectivity index (χ3v) is 12.9. The Balaban J connectivity index is 4.54. The summed E-state index contributed by atoms with van der Waals surface area (Å²) in [6, 6.07) is 0. The van der Waals surface area contributed by atoms with Gasteiger partial charge in [-0.1, -0.05) is 34.6 Å². The van der Waals surface area contributed by atoms with E-state index in [1.54, 1.807) is 0 Å². The molecular formula is C12H28P2. The predicted octanol–water partition coefficient (Wildman–Crippen LogP) is 4.27. The van der Waals surface area contributed by atoms with Gasteiger partial charge in [-0.05, 0) is 29.8 Å². The Labute approximate surface area is 91.9 Å². The molecule has 0 aromatic carbocycles. The highest BCUT2D eigenvalue weighted by Gasteiger charge is 2.21. The van der Waals surface area contributed by atoms with Crippen LogP contribution in [-0.4, -0.2) is 36.0 Å². The van der Waals surface area contributed by atoms with Crippen LogP contribution >= 0.6 is 14.4 Å². The molecule has 0 aromatic heterocycles. The van der Waals surface area contributed by atoms with Crippen molar-refractivity contribution in [3.8, 4) is 0 Å². The number of hydrogen-bond acceptors (Lipinski definition) is 0. The summed E-state index contributed by atoms with van der Waals surface area (Å²) in [7, 11) is -0.461. The van der Waals surface area contributed by atoms with Crippen LogP contribution in [0.5, 0.6) is 0 Å². The molecule has 2 heteroatoms. The van der Waals surface area contributed by atoms with Crippen LogP contribution in [0.4, 0.5) is 0 Å². The predicted molar refractivity (Wildman–Crippen MR) is 79.8 cm³/mol. The Morgan fingerprint density at radius 3 is 1.86 bits per heavy atom. The summed E-state index contributed by atoms with van der Waals surface area (Å²) in [6.45, 7) is 10.8. The minimum atomic E-state index is -0.864. The van der Waals surface area contributed by atoms with Crippen LogP contribution in [0.15, 0.2) is 0 Å². The molecule has 0 saturated heterocycles. The lowest BCUT2D eigenvalue weighted by atomic mass is 10.1. The van der Waals surface area contributed by atoms with E-state index in [2.05, 4.69) is 47.2 Å². The van der Waals surface area contributed by atoms with Crippen molar-refractivity contribution in [3.63, 3.8) is 0 Å². The van der Waals surface area contributed by atoms with Crippen molar-refractivity contribution >= 4 is 27.0 Å². The monoisotopic (exact) mass is 234 g/mol. The molecule has 86 valence electrons. The molecular weight excluding hydrogens is 206 g/mol. The molecule has 1 unspecified atom stereocenters. The quantitative estimate of drug-likeness (QED) is 0.602. The standard InChI is InChI=1S/C12H28P2/c1-8-12(4,5)13(6)11-14(7,9-2)10-3/h13H,6-11H2,1-5H3. The summed E-state index contributed by atoms with van der Waals surface area (Å²) in [5.74, 6) is 1.37. The second-order valence-electron chi connectivity index (χ2n) is 4.97. The van der Waals surface area contributed by atoms with Gasteiger partial charge < -0.3 is 0 Å². The number of rotatable bonds is 6. The van der Waals surface area contributed by atoms with Crippen molar-refractivity contribution in [2.75, 3.05) is 18.2 Å². The summed E-state index contributed by atoms with van der Waals surface area (Å²) in [5.41, 5.74) is 0. The van der Waals surface area contributed by atoms with Gasteiger partial charge in [0, 0.05) is 0 Å². The van der Waals surface area contributed by atoms with Crippen molar-refractivity contribution < 1.29 is 0 Å². The molecule has 0 aliphatic carbocycles. The first kappa shape index (κ1) is 14.6. The van der Waals surface area contributed by atoms with Gasteiger partial charge in [0.2, 0.25) is 0 Å². The third-order valence-electron chi connectivity index (χ3n) is 3.71. The molecule has 1 atom stereocenters. The zero-order chi connectivity index (χ0) is 11.4. The van der Waals surface area contributed by atoms with E-state index in [4.69, 9.17) is 0 Å². The van der Waals surface area contributed by atoms with Crippen LogP contribution in [0.3, 0.4) is 0 Å². The Bertz CT molecular complexity index is 231. The first-order valence-corrected chi connectivity index (χ1v) is 10.1. The Morgan fingerprint density at radius 1 is 1.14 bits per heavy atom. The van der Waals surface area contributed by atoms with Gasteiger partial charge in [0.1, 0.15) is 0 Å². The molecule has 0 nitrogen and oxygen atoms in total. The molecule has 0 aliphatic heterocycles. The fourth-order valence-electron chi connectivity index (χ4n) is 1.32. The number of hydrogen-bond donors (Lipinski definition) is 0. The normalized spacial score (nSPS) is 15.5. The first-order valence-electron chi connectivity index (χ1n) is 5.70. The van der Waals surface area contributed by atoms with E-state index in [1.807, 2.05) is 0 Å². The average Bonchev–Trinajstić information content (AvgIpc) is 2.17. The molecule has 0 spiro atoms. The van der Waals surface area contributed by atoms with Gasteiger partial charge in [-0.25, -0.2) is 0 Å². The van der Waals surface area contributed by atoms with Gasteiger partial charge >= 0.3 is 0 Å². The lowest BCUT2D eigenvalue weighted by molar-refractivity contribution is 0.677.